The minimum absolute atomic E-state index is 0.142. The smallest absolute Gasteiger partial charge is 0.376 e. The summed E-state index contributed by atoms with van der Waals surface area (Å²) < 4.78 is 12.4. The number of aromatic nitrogens is 3. The second-order valence-corrected chi connectivity index (χ2v) is 5.05. The van der Waals surface area contributed by atoms with E-state index in [-0.39, 0.29) is 18.2 Å². The largest absolute Gasteiger partial charge is 0.460 e. The molecule has 3 rings (SSSR count). The van der Waals surface area contributed by atoms with Gasteiger partial charge >= 0.3 is 11.8 Å². The Bertz CT molecular complexity index is 779. The number of hydrogen-bond acceptors (Lipinski definition) is 5. The third kappa shape index (κ3) is 2.69. The summed E-state index contributed by atoms with van der Waals surface area (Å²) in [4.78, 5) is 16.1. The standard InChI is InChI=1S/C14H12BrN3O3/c1-2-20-12(19)11-10(8-9-6-4-3-5-7-9)18-14(21-11)16-13(15)17-18/h3-7H,2,8H2,1H3. The lowest BCUT2D eigenvalue weighted by Crippen LogP contribution is -2.08. The molecule has 0 saturated heterocycles. The van der Waals surface area contributed by atoms with Gasteiger partial charge in [-0.25, -0.2) is 4.79 Å². The maximum absolute atomic E-state index is 12.0. The second kappa shape index (κ2) is 5.69. The summed E-state index contributed by atoms with van der Waals surface area (Å²) in [7, 11) is 0. The lowest BCUT2D eigenvalue weighted by Gasteiger charge is -2.02. The number of oxazole rings is 1. The van der Waals surface area contributed by atoms with Crippen LogP contribution in [0.5, 0.6) is 0 Å². The summed E-state index contributed by atoms with van der Waals surface area (Å²) in [6, 6.07) is 9.76. The topological polar surface area (TPSA) is 69.6 Å². The summed E-state index contributed by atoms with van der Waals surface area (Å²) in [6.45, 7) is 2.03. The molecule has 2 heterocycles. The summed E-state index contributed by atoms with van der Waals surface area (Å²) in [5.74, 6) is -0.106. The quantitative estimate of drug-likeness (QED) is 0.677. The molecule has 1 aromatic carbocycles. The van der Waals surface area contributed by atoms with Crippen molar-refractivity contribution in [3.8, 4) is 0 Å². The number of esters is 1. The highest BCUT2D eigenvalue weighted by molar-refractivity contribution is 9.10. The Morgan fingerprint density at radius 3 is 2.86 bits per heavy atom. The van der Waals surface area contributed by atoms with Gasteiger partial charge < -0.3 is 9.15 Å². The van der Waals surface area contributed by atoms with E-state index in [2.05, 4.69) is 26.0 Å². The van der Waals surface area contributed by atoms with E-state index >= 15 is 0 Å². The molecule has 0 radical (unpaired) electrons. The SMILES string of the molecule is CCOC(=O)c1oc2nc(Br)nn2c1Cc1ccccc1. The van der Waals surface area contributed by atoms with Gasteiger partial charge in [0.15, 0.2) is 0 Å². The number of carbonyl (C=O) groups excluding carboxylic acids is 1. The van der Waals surface area contributed by atoms with Crippen molar-refractivity contribution in [2.75, 3.05) is 6.61 Å². The van der Waals surface area contributed by atoms with E-state index in [1.165, 1.54) is 4.52 Å². The van der Waals surface area contributed by atoms with Crippen LogP contribution in [0, 0.1) is 0 Å². The van der Waals surface area contributed by atoms with Crippen molar-refractivity contribution < 1.29 is 13.9 Å². The molecule has 0 spiro atoms. The Labute approximate surface area is 128 Å². The van der Waals surface area contributed by atoms with Gasteiger partial charge in [-0.3, -0.25) is 0 Å². The number of hydrogen-bond donors (Lipinski definition) is 0. The zero-order valence-corrected chi connectivity index (χ0v) is 12.8. The molecular formula is C14H12BrN3O3. The average Bonchev–Trinajstić information content (AvgIpc) is 2.98. The average molecular weight is 350 g/mol. The summed E-state index contributed by atoms with van der Waals surface area (Å²) in [5.41, 5.74) is 1.66. The van der Waals surface area contributed by atoms with E-state index in [0.29, 0.717) is 16.8 Å². The molecule has 0 aliphatic carbocycles. The van der Waals surface area contributed by atoms with Crippen LogP contribution in [-0.4, -0.2) is 27.2 Å². The van der Waals surface area contributed by atoms with Gasteiger partial charge in [-0.1, -0.05) is 30.3 Å². The molecule has 0 aliphatic rings. The Morgan fingerprint density at radius 2 is 2.14 bits per heavy atom. The van der Waals surface area contributed by atoms with Crippen molar-refractivity contribution in [3.05, 3.63) is 52.1 Å². The van der Waals surface area contributed by atoms with E-state index in [1.54, 1.807) is 6.92 Å². The predicted molar refractivity (Wildman–Crippen MR) is 78.2 cm³/mol. The number of carbonyl (C=O) groups is 1. The Hall–Kier alpha value is -2.15. The molecule has 7 heteroatoms. The lowest BCUT2D eigenvalue weighted by molar-refractivity contribution is 0.0490. The molecule has 0 saturated carbocycles. The van der Waals surface area contributed by atoms with Gasteiger partial charge in [0, 0.05) is 6.42 Å². The number of fused-ring (bicyclic) bond motifs is 1. The van der Waals surface area contributed by atoms with Gasteiger partial charge in [-0.05, 0) is 28.4 Å². The highest BCUT2D eigenvalue weighted by atomic mass is 79.9. The van der Waals surface area contributed by atoms with E-state index in [4.69, 9.17) is 9.15 Å². The van der Waals surface area contributed by atoms with Crippen molar-refractivity contribution in [2.45, 2.75) is 13.3 Å². The zero-order valence-electron chi connectivity index (χ0n) is 11.2. The predicted octanol–water partition coefficient (Wildman–Crippen LogP) is 2.85. The van der Waals surface area contributed by atoms with Crippen molar-refractivity contribution in [3.63, 3.8) is 0 Å². The van der Waals surface area contributed by atoms with Crippen LogP contribution < -0.4 is 0 Å². The zero-order chi connectivity index (χ0) is 14.8. The monoisotopic (exact) mass is 349 g/mol. The van der Waals surface area contributed by atoms with E-state index < -0.39 is 5.97 Å². The van der Waals surface area contributed by atoms with E-state index in [9.17, 15) is 4.79 Å². The minimum Gasteiger partial charge on any atom is -0.460 e. The molecule has 0 N–H and O–H groups in total. The highest BCUT2D eigenvalue weighted by Crippen LogP contribution is 2.21. The van der Waals surface area contributed by atoms with Crippen LogP contribution >= 0.6 is 15.9 Å². The molecular weight excluding hydrogens is 338 g/mol. The fourth-order valence-electron chi connectivity index (χ4n) is 2.06. The maximum atomic E-state index is 12.0. The third-order valence-electron chi connectivity index (χ3n) is 2.94. The molecule has 108 valence electrons. The summed E-state index contributed by atoms with van der Waals surface area (Å²) >= 11 is 3.20. The molecule has 0 amide bonds. The number of rotatable bonds is 4. The van der Waals surface area contributed by atoms with Crippen LogP contribution in [0.1, 0.15) is 28.7 Å². The van der Waals surface area contributed by atoms with Gasteiger partial charge in [0.25, 0.3) is 0 Å². The van der Waals surface area contributed by atoms with Crippen LogP contribution in [0.4, 0.5) is 0 Å². The van der Waals surface area contributed by atoms with Crippen molar-refractivity contribution in [2.24, 2.45) is 0 Å². The van der Waals surface area contributed by atoms with E-state index in [0.717, 1.165) is 5.56 Å². The first-order valence-corrected chi connectivity index (χ1v) is 7.23. The molecule has 0 aliphatic heterocycles. The Kier molecular flexibility index (Phi) is 3.74. The minimum atomic E-state index is -0.508. The first kappa shape index (κ1) is 13.8. The third-order valence-corrected chi connectivity index (χ3v) is 3.27. The van der Waals surface area contributed by atoms with Crippen LogP contribution in [0.2, 0.25) is 0 Å². The van der Waals surface area contributed by atoms with Crippen LogP contribution in [0.25, 0.3) is 5.84 Å². The second-order valence-electron chi connectivity index (χ2n) is 4.34. The van der Waals surface area contributed by atoms with Gasteiger partial charge in [0.05, 0.1) is 6.61 Å². The summed E-state index contributed by atoms with van der Waals surface area (Å²) in [6.07, 6.45) is 0.498. The maximum Gasteiger partial charge on any atom is 0.376 e. The molecule has 2 aromatic heterocycles. The lowest BCUT2D eigenvalue weighted by atomic mass is 10.1. The summed E-state index contributed by atoms with van der Waals surface area (Å²) in [5, 5.41) is 4.19. The van der Waals surface area contributed by atoms with Gasteiger partial charge in [0.1, 0.15) is 5.69 Å². The first-order valence-electron chi connectivity index (χ1n) is 6.44. The van der Waals surface area contributed by atoms with Gasteiger partial charge in [-0.2, -0.15) is 9.50 Å². The molecule has 21 heavy (non-hydrogen) atoms. The van der Waals surface area contributed by atoms with Gasteiger partial charge in [0.2, 0.25) is 10.5 Å². The number of nitrogens with zero attached hydrogens (tertiary/aromatic N) is 3. The van der Waals surface area contributed by atoms with Crippen LogP contribution in [0.15, 0.2) is 39.5 Å². The molecule has 3 aromatic rings. The Morgan fingerprint density at radius 1 is 1.38 bits per heavy atom. The molecule has 0 atom stereocenters. The fraction of sp³-hybridized carbons (Fsp3) is 0.214. The van der Waals surface area contributed by atoms with Crippen LogP contribution in [-0.2, 0) is 11.2 Å². The highest BCUT2D eigenvalue weighted by Gasteiger charge is 2.24. The number of ether oxygens (including phenoxy) is 1. The first-order chi connectivity index (χ1) is 10.2. The van der Waals surface area contributed by atoms with Gasteiger partial charge in [-0.15, -0.1) is 5.10 Å². The molecule has 0 bridgehead atoms. The molecule has 6 nitrogen and oxygen atoms in total. The molecule has 0 unspecified atom stereocenters. The van der Waals surface area contributed by atoms with Crippen molar-refractivity contribution >= 4 is 27.7 Å². The van der Waals surface area contributed by atoms with Crippen LogP contribution in [0.3, 0.4) is 0 Å². The number of halogens is 1. The Balaban J connectivity index is 2.08. The van der Waals surface area contributed by atoms with E-state index in [1.807, 2.05) is 30.3 Å². The fourth-order valence-corrected chi connectivity index (χ4v) is 2.37. The normalized spacial score (nSPS) is 11.0. The van der Waals surface area contributed by atoms with Crippen molar-refractivity contribution in [1.29, 1.82) is 0 Å². The van der Waals surface area contributed by atoms with Crippen molar-refractivity contribution in [1.82, 2.24) is 14.6 Å². The molecule has 0 fully saturated rings. The number of benzene rings is 1.